The molecule has 3 amide bonds. The Morgan fingerprint density at radius 3 is 1.62 bits per heavy atom. The highest BCUT2D eigenvalue weighted by atomic mass is 16.6. The number of anilines is 2. The molecule has 0 bridgehead atoms. The number of hydrogen-bond acceptors (Lipinski definition) is 6. The van der Waals surface area contributed by atoms with Crippen LogP contribution in [0.3, 0.4) is 0 Å². The molecule has 0 atom stereocenters. The summed E-state index contributed by atoms with van der Waals surface area (Å²) in [5, 5.41) is 19.9. The minimum atomic E-state index is -0.542. The van der Waals surface area contributed by atoms with Gasteiger partial charge in [-0.05, 0) is 80.7 Å². The Labute approximate surface area is 246 Å². The highest BCUT2D eigenvalue weighted by molar-refractivity contribution is 6.07. The number of hydrogen-bond donors (Lipinski definition) is 3. The van der Waals surface area contributed by atoms with Crippen molar-refractivity contribution in [2.75, 3.05) is 37.8 Å². The molecule has 0 aromatic carbocycles. The molecule has 0 spiro atoms. The Morgan fingerprint density at radius 1 is 0.762 bits per heavy atom. The van der Waals surface area contributed by atoms with Crippen LogP contribution in [0.4, 0.5) is 17.1 Å². The average Bonchev–Trinajstić information content (AvgIpc) is 3.63. The number of rotatable bonds is 13. The minimum Gasteiger partial charge on any atom is -0.351 e. The van der Waals surface area contributed by atoms with Gasteiger partial charge in [0.2, 0.25) is 0 Å². The van der Waals surface area contributed by atoms with E-state index in [1.165, 1.54) is 16.8 Å². The molecule has 0 aliphatic carbocycles. The van der Waals surface area contributed by atoms with Gasteiger partial charge in [-0.25, -0.2) is 0 Å². The second-order valence-electron chi connectivity index (χ2n) is 11.4. The first kappa shape index (κ1) is 32.1. The van der Waals surface area contributed by atoms with Crippen molar-refractivity contribution < 1.29 is 19.3 Å². The summed E-state index contributed by atoms with van der Waals surface area (Å²) in [4.78, 5) is 52.2. The van der Waals surface area contributed by atoms with E-state index >= 15 is 0 Å². The maximum Gasteiger partial charge on any atom is 0.287 e. The Kier molecular flexibility index (Phi) is 10.3. The van der Waals surface area contributed by atoms with Gasteiger partial charge < -0.3 is 34.6 Å². The fraction of sp³-hybridized carbons (Fsp3) is 0.483. The molecule has 0 aliphatic heterocycles. The predicted molar refractivity (Wildman–Crippen MR) is 163 cm³/mol. The topological polar surface area (TPSA) is 148 Å². The van der Waals surface area contributed by atoms with E-state index in [0.29, 0.717) is 29.3 Å². The van der Waals surface area contributed by atoms with E-state index in [4.69, 9.17) is 0 Å². The predicted octanol–water partition coefficient (Wildman–Crippen LogP) is 4.93. The zero-order valence-electron chi connectivity index (χ0n) is 25.6. The second-order valence-corrected chi connectivity index (χ2v) is 11.4. The lowest BCUT2D eigenvalue weighted by Gasteiger charge is -2.13. The molecule has 3 aromatic heterocycles. The molecule has 3 aromatic rings. The van der Waals surface area contributed by atoms with Gasteiger partial charge in [0, 0.05) is 43.1 Å². The van der Waals surface area contributed by atoms with E-state index in [0.717, 1.165) is 13.0 Å². The third-order valence-corrected chi connectivity index (χ3v) is 6.69. The molecule has 3 heterocycles. The van der Waals surface area contributed by atoms with Crippen LogP contribution >= 0.6 is 0 Å². The van der Waals surface area contributed by atoms with E-state index in [1.807, 2.05) is 60.2 Å². The van der Waals surface area contributed by atoms with Crippen LogP contribution in [0.1, 0.15) is 97.6 Å². The Morgan fingerprint density at radius 2 is 1.19 bits per heavy atom. The molecule has 0 aliphatic rings. The lowest BCUT2D eigenvalue weighted by Crippen LogP contribution is -2.29. The van der Waals surface area contributed by atoms with Crippen molar-refractivity contribution in [1.29, 1.82) is 0 Å². The molecule has 0 saturated heterocycles. The van der Waals surface area contributed by atoms with Crippen molar-refractivity contribution in [2.24, 2.45) is 0 Å². The van der Waals surface area contributed by atoms with Crippen molar-refractivity contribution in [3.63, 3.8) is 0 Å². The molecule has 13 heteroatoms. The van der Waals surface area contributed by atoms with E-state index in [1.54, 1.807) is 29.1 Å². The first-order valence-corrected chi connectivity index (χ1v) is 14.0. The van der Waals surface area contributed by atoms with E-state index in [-0.39, 0.29) is 35.4 Å². The van der Waals surface area contributed by atoms with Gasteiger partial charge in [-0.1, -0.05) is 0 Å². The molecule has 0 saturated carbocycles. The van der Waals surface area contributed by atoms with Gasteiger partial charge in [-0.3, -0.25) is 24.5 Å². The summed E-state index contributed by atoms with van der Waals surface area (Å²) in [5.41, 5.74) is 1.55. The van der Waals surface area contributed by atoms with Gasteiger partial charge in [0.15, 0.2) is 0 Å². The van der Waals surface area contributed by atoms with Crippen molar-refractivity contribution in [2.45, 2.75) is 66.1 Å². The molecule has 228 valence electrons. The fourth-order valence-electron chi connectivity index (χ4n) is 4.57. The molecule has 0 unspecified atom stereocenters. The summed E-state index contributed by atoms with van der Waals surface area (Å²) >= 11 is 0. The van der Waals surface area contributed by atoms with Gasteiger partial charge in [-0.2, -0.15) is 0 Å². The Hall–Kier alpha value is -4.39. The number of aromatic nitrogens is 3. The Bertz CT molecular complexity index is 1440. The van der Waals surface area contributed by atoms with Crippen LogP contribution in [-0.4, -0.2) is 68.4 Å². The highest BCUT2D eigenvalue weighted by Crippen LogP contribution is 2.25. The van der Waals surface area contributed by atoms with Crippen LogP contribution < -0.4 is 16.0 Å². The summed E-state index contributed by atoms with van der Waals surface area (Å²) < 4.78 is 5.08. The fourth-order valence-corrected chi connectivity index (χ4v) is 4.57. The molecule has 3 N–H and O–H groups in total. The van der Waals surface area contributed by atoms with Crippen LogP contribution in [-0.2, 0) is 0 Å². The summed E-state index contributed by atoms with van der Waals surface area (Å²) in [6.45, 7) is 12.8. The van der Waals surface area contributed by atoms with Crippen molar-refractivity contribution >= 4 is 34.8 Å². The first-order chi connectivity index (χ1) is 19.7. The normalized spacial score (nSPS) is 11.5. The standard InChI is InChI=1S/C29H42N8O5/c1-18(2)34-15-21(12-24(34)27(38)30-10-9-11-33(7)8)31-28(39)25-13-22(16-35(25)19(3)4)32-29(40)26-14-23(37(41)42)17-36(26)20(5)6/h12-20H,9-11H2,1-8H3,(H,30,38)(H,31,39)(H,32,40). The molecule has 0 radical (unpaired) electrons. The third-order valence-electron chi connectivity index (χ3n) is 6.69. The molecule has 0 fully saturated rings. The quantitative estimate of drug-likeness (QED) is 0.148. The maximum absolute atomic E-state index is 13.4. The summed E-state index contributed by atoms with van der Waals surface area (Å²) in [7, 11) is 3.96. The molecule has 3 rings (SSSR count). The van der Waals surface area contributed by atoms with Crippen molar-refractivity contribution in [3.05, 3.63) is 64.0 Å². The van der Waals surface area contributed by atoms with Gasteiger partial charge in [0.1, 0.15) is 17.1 Å². The van der Waals surface area contributed by atoms with Crippen molar-refractivity contribution in [1.82, 2.24) is 23.9 Å². The van der Waals surface area contributed by atoms with E-state index in [2.05, 4.69) is 20.9 Å². The van der Waals surface area contributed by atoms with Gasteiger partial charge in [-0.15, -0.1) is 0 Å². The number of carbonyl (C=O) groups excluding carboxylic acids is 3. The lowest BCUT2D eigenvalue weighted by atomic mass is 10.3. The lowest BCUT2D eigenvalue weighted by molar-refractivity contribution is -0.384. The summed E-state index contributed by atoms with van der Waals surface area (Å²) in [5.74, 6) is -1.16. The molecular weight excluding hydrogens is 540 g/mol. The molecule has 42 heavy (non-hydrogen) atoms. The number of nitro groups is 1. The van der Waals surface area contributed by atoms with Crippen LogP contribution in [0.5, 0.6) is 0 Å². The van der Waals surface area contributed by atoms with Crippen LogP contribution in [0.15, 0.2) is 36.8 Å². The summed E-state index contributed by atoms with van der Waals surface area (Å²) in [6, 6.07) is 4.14. The Balaban J connectivity index is 1.81. The monoisotopic (exact) mass is 582 g/mol. The maximum atomic E-state index is 13.4. The van der Waals surface area contributed by atoms with Crippen LogP contribution in [0.25, 0.3) is 0 Å². The summed E-state index contributed by atoms with van der Waals surface area (Å²) in [6.07, 6.45) is 5.53. The van der Waals surface area contributed by atoms with Crippen molar-refractivity contribution in [3.8, 4) is 0 Å². The smallest absolute Gasteiger partial charge is 0.287 e. The number of nitrogens with zero attached hydrogens (tertiary/aromatic N) is 5. The zero-order chi connectivity index (χ0) is 31.3. The van der Waals surface area contributed by atoms with E-state index in [9.17, 15) is 24.5 Å². The third kappa shape index (κ3) is 7.66. The SMILES string of the molecule is CC(C)n1cc(NC(=O)c2cc(NC(=O)c3cc([N+](=O)[O-])cn3C(C)C)cn2C(C)C)cc1C(=O)NCCCN(C)C. The highest BCUT2D eigenvalue weighted by Gasteiger charge is 2.24. The zero-order valence-corrected chi connectivity index (χ0v) is 25.6. The molecule has 13 nitrogen and oxygen atoms in total. The van der Waals surface area contributed by atoms with E-state index < -0.39 is 16.7 Å². The van der Waals surface area contributed by atoms with Gasteiger partial charge in [0.05, 0.1) is 22.5 Å². The van der Waals surface area contributed by atoms with Gasteiger partial charge >= 0.3 is 0 Å². The van der Waals surface area contributed by atoms with Crippen LogP contribution in [0.2, 0.25) is 0 Å². The number of nitrogens with one attached hydrogen (secondary N) is 3. The number of amides is 3. The minimum absolute atomic E-state index is 0.0138. The largest absolute Gasteiger partial charge is 0.351 e. The first-order valence-electron chi connectivity index (χ1n) is 14.0. The van der Waals surface area contributed by atoms with Crippen LogP contribution in [0, 0.1) is 10.1 Å². The van der Waals surface area contributed by atoms with Gasteiger partial charge in [0.25, 0.3) is 23.4 Å². The molecular formula is C29H42N8O5. The average molecular weight is 583 g/mol. The number of carbonyl (C=O) groups is 3. The second kappa shape index (κ2) is 13.5.